The summed E-state index contributed by atoms with van der Waals surface area (Å²) in [6.07, 6.45) is 0. The average molecular weight is 130 g/mol. The van der Waals surface area contributed by atoms with E-state index in [2.05, 4.69) is 0 Å². The van der Waals surface area contributed by atoms with E-state index in [4.69, 9.17) is 10.0 Å². The Morgan fingerprint density at radius 1 is 1.50 bits per heavy atom. The molecule has 0 amide bonds. The fourth-order valence-corrected chi connectivity index (χ4v) is 1.16. The fraction of sp³-hybridized carbons (Fsp3) is 0.500. The maximum atomic E-state index is 8.36. The largest absolute Gasteiger partial charge is 0.480 e. The standard InChI is InChI=1S/C4H7BO2S/c6-5(7)1-4-2-8-3-4/h1,6-7H,2-3H2. The molecule has 0 aromatic carbocycles. The van der Waals surface area contributed by atoms with E-state index < -0.39 is 7.12 Å². The van der Waals surface area contributed by atoms with Crippen molar-refractivity contribution in [2.75, 3.05) is 11.5 Å². The second kappa shape index (κ2) is 2.57. The van der Waals surface area contributed by atoms with Crippen molar-refractivity contribution in [1.82, 2.24) is 0 Å². The van der Waals surface area contributed by atoms with Crippen molar-refractivity contribution in [3.8, 4) is 0 Å². The molecule has 2 N–H and O–H groups in total. The molecule has 0 atom stereocenters. The maximum Gasteiger partial charge on any atom is 0.480 e. The summed E-state index contributed by atoms with van der Waals surface area (Å²) in [5.74, 6) is 3.42. The average Bonchev–Trinajstić information content (AvgIpc) is 1.55. The quantitative estimate of drug-likeness (QED) is 0.477. The summed E-state index contributed by atoms with van der Waals surface area (Å²) in [4.78, 5) is 0. The van der Waals surface area contributed by atoms with Gasteiger partial charge in [0, 0.05) is 11.5 Å². The molecule has 0 bridgehead atoms. The molecule has 0 radical (unpaired) electrons. The van der Waals surface area contributed by atoms with Crippen molar-refractivity contribution in [1.29, 1.82) is 0 Å². The molecule has 1 rings (SSSR count). The lowest BCUT2D eigenvalue weighted by Crippen LogP contribution is -2.13. The van der Waals surface area contributed by atoms with E-state index in [0.717, 1.165) is 17.1 Å². The van der Waals surface area contributed by atoms with Gasteiger partial charge in [-0.15, -0.1) is 0 Å². The highest BCUT2D eigenvalue weighted by atomic mass is 32.2. The Labute approximate surface area is 52.7 Å². The van der Waals surface area contributed by atoms with Crippen LogP contribution in [0.25, 0.3) is 0 Å². The lowest BCUT2D eigenvalue weighted by atomic mass is 9.89. The highest BCUT2D eigenvalue weighted by Crippen LogP contribution is 2.22. The first-order valence-corrected chi connectivity index (χ1v) is 3.58. The molecule has 0 spiro atoms. The molecule has 0 aromatic rings. The number of rotatable bonds is 1. The summed E-state index contributed by atoms with van der Waals surface area (Å²) < 4.78 is 0. The van der Waals surface area contributed by atoms with Crippen LogP contribution in [0.5, 0.6) is 0 Å². The van der Waals surface area contributed by atoms with Crippen molar-refractivity contribution in [3.05, 3.63) is 11.5 Å². The second-order valence-corrected chi connectivity index (χ2v) is 2.72. The minimum atomic E-state index is -1.24. The predicted octanol–water partition coefficient (Wildman–Crippen LogP) is -0.328. The summed E-state index contributed by atoms with van der Waals surface area (Å²) in [7, 11) is -1.24. The van der Waals surface area contributed by atoms with E-state index in [1.807, 2.05) is 0 Å². The Bertz CT molecular complexity index is 107. The Morgan fingerprint density at radius 2 is 2.12 bits per heavy atom. The van der Waals surface area contributed by atoms with Crippen LogP contribution in [0.2, 0.25) is 0 Å². The zero-order valence-electron chi connectivity index (χ0n) is 4.37. The predicted molar refractivity (Wildman–Crippen MR) is 35.6 cm³/mol. The second-order valence-electron chi connectivity index (χ2n) is 1.73. The number of thioether (sulfide) groups is 1. The first-order chi connectivity index (χ1) is 3.79. The summed E-state index contributed by atoms with van der Waals surface area (Å²) in [5.41, 5.74) is 1.14. The molecule has 1 fully saturated rings. The van der Waals surface area contributed by atoms with Gasteiger partial charge in [0.15, 0.2) is 0 Å². The molecular weight excluding hydrogens is 123 g/mol. The van der Waals surface area contributed by atoms with E-state index >= 15 is 0 Å². The van der Waals surface area contributed by atoms with Crippen LogP contribution in [-0.4, -0.2) is 28.7 Å². The maximum absolute atomic E-state index is 8.36. The van der Waals surface area contributed by atoms with Crippen molar-refractivity contribution in [2.45, 2.75) is 0 Å². The topological polar surface area (TPSA) is 40.5 Å². The van der Waals surface area contributed by atoms with Gasteiger partial charge in [-0.3, -0.25) is 0 Å². The SMILES string of the molecule is OB(O)C=C1CSC1. The Morgan fingerprint density at radius 3 is 2.25 bits per heavy atom. The van der Waals surface area contributed by atoms with Crippen LogP contribution < -0.4 is 0 Å². The minimum Gasteiger partial charge on any atom is -0.424 e. The zero-order valence-corrected chi connectivity index (χ0v) is 5.19. The van der Waals surface area contributed by atoms with Crippen molar-refractivity contribution < 1.29 is 10.0 Å². The summed E-state index contributed by atoms with van der Waals surface area (Å²) in [6.45, 7) is 0. The molecule has 8 heavy (non-hydrogen) atoms. The molecule has 1 saturated heterocycles. The summed E-state index contributed by atoms with van der Waals surface area (Å²) >= 11 is 1.80. The summed E-state index contributed by atoms with van der Waals surface area (Å²) in [5, 5.41) is 16.7. The third-order valence-corrected chi connectivity index (χ3v) is 2.11. The van der Waals surface area contributed by atoms with Gasteiger partial charge in [-0.2, -0.15) is 11.8 Å². The zero-order chi connectivity index (χ0) is 5.98. The van der Waals surface area contributed by atoms with E-state index in [0.29, 0.717) is 0 Å². The first kappa shape index (κ1) is 6.20. The first-order valence-electron chi connectivity index (χ1n) is 2.42. The van der Waals surface area contributed by atoms with E-state index in [1.165, 1.54) is 5.98 Å². The van der Waals surface area contributed by atoms with Gasteiger partial charge in [0.2, 0.25) is 0 Å². The Hall–Kier alpha value is 0.0749. The van der Waals surface area contributed by atoms with Gasteiger partial charge in [0.05, 0.1) is 0 Å². The highest BCUT2D eigenvalue weighted by molar-refractivity contribution is 8.01. The fourth-order valence-electron chi connectivity index (χ4n) is 0.527. The lowest BCUT2D eigenvalue weighted by Gasteiger charge is -2.14. The van der Waals surface area contributed by atoms with E-state index in [1.54, 1.807) is 11.8 Å². The van der Waals surface area contributed by atoms with Gasteiger partial charge in [-0.1, -0.05) is 11.5 Å². The third kappa shape index (κ3) is 1.54. The van der Waals surface area contributed by atoms with Crippen molar-refractivity contribution in [2.24, 2.45) is 0 Å². The van der Waals surface area contributed by atoms with E-state index in [9.17, 15) is 0 Å². The number of hydrogen-bond acceptors (Lipinski definition) is 3. The minimum absolute atomic E-state index is 0.970. The molecule has 2 nitrogen and oxygen atoms in total. The van der Waals surface area contributed by atoms with Gasteiger partial charge in [0.1, 0.15) is 0 Å². The molecular formula is C4H7BO2S. The van der Waals surface area contributed by atoms with Crippen molar-refractivity contribution >= 4 is 18.9 Å². The lowest BCUT2D eigenvalue weighted by molar-refractivity contribution is 0.423. The van der Waals surface area contributed by atoms with Crippen LogP contribution in [0, 0.1) is 0 Å². The van der Waals surface area contributed by atoms with Crippen LogP contribution in [0.4, 0.5) is 0 Å². The highest BCUT2D eigenvalue weighted by Gasteiger charge is 2.11. The van der Waals surface area contributed by atoms with Crippen LogP contribution in [0.3, 0.4) is 0 Å². The molecule has 1 aliphatic heterocycles. The molecule has 0 aromatic heterocycles. The van der Waals surface area contributed by atoms with Gasteiger partial charge >= 0.3 is 7.12 Å². The van der Waals surface area contributed by atoms with Gasteiger partial charge < -0.3 is 10.0 Å². The van der Waals surface area contributed by atoms with Crippen LogP contribution in [0.1, 0.15) is 0 Å². The smallest absolute Gasteiger partial charge is 0.424 e. The monoisotopic (exact) mass is 130 g/mol. The van der Waals surface area contributed by atoms with Gasteiger partial charge in [-0.05, 0) is 0 Å². The van der Waals surface area contributed by atoms with Crippen LogP contribution in [0.15, 0.2) is 11.5 Å². The molecule has 44 valence electrons. The molecule has 4 heteroatoms. The van der Waals surface area contributed by atoms with Gasteiger partial charge in [0.25, 0.3) is 0 Å². The van der Waals surface area contributed by atoms with Crippen LogP contribution in [-0.2, 0) is 0 Å². The molecule has 0 saturated carbocycles. The molecule has 0 unspecified atom stereocenters. The molecule has 1 aliphatic rings. The van der Waals surface area contributed by atoms with Gasteiger partial charge in [-0.25, -0.2) is 0 Å². The van der Waals surface area contributed by atoms with Crippen molar-refractivity contribution in [3.63, 3.8) is 0 Å². The Balaban J connectivity index is 2.30. The Kier molecular flexibility index (Phi) is 1.99. The molecule has 1 heterocycles. The third-order valence-electron chi connectivity index (χ3n) is 0.960. The van der Waals surface area contributed by atoms with Crippen LogP contribution >= 0.6 is 11.8 Å². The summed E-state index contributed by atoms with van der Waals surface area (Å²) in [6, 6.07) is 0. The molecule has 0 aliphatic carbocycles. The number of hydrogen-bond donors (Lipinski definition) is 2. The normalized spacial score (nSPS) is 17.5. The van der Waals surface area contributed by atoms with E-state index in [-0.39, 0.29) is 0 Å².